The first-order valence-corrected chi connectivity index (χ1v) is 11.1. The van der Waals surface area contributed by atoms with Gasteiger partial charge in [-0.25, -0.2) is 4.90 Å². The molecule has 4 rings (SSSR count). The molecule has 0 radical (unpaired) electrons. The van der Waals surface area contributed by atoms with E-state index in [9.17, 15) is 9.59 Å². The lowest BCUT2D eigenvalue weighted by molar-refractivity contribution is -0.120. The maximum Gasteiger partial charge on any atom is 0.282 e. The summed E-state index contributed by atoms with van der Waals surface area (Å²) < 4.78 is 5.50. The third kappa shape index (κ3) is 4.24. The van der Waals surface area contributed by atoms with Crippen LogP contribution in [0, 0.1) is 6.92 Å². The molecule has 0 aromatic heterocycles. The van der Waals surface area contributed by atoms with Crippen molar-refractivity contribution in [3.05, 3.63) is 94.1 Å². The number of rotatable bonds is 6. The first kappa shape index (κ1) is 22.6. The number of carbonyl (C=O) groups excluding carboxylic acids is 2. The minimum absolute atomic E-state index is 0.183. The molecule has 168 valence electrons. The van der Waals surface area contributed by atoms with Crippen molar-refractivity contribution in [3.63, 3.8) is 0 Å². The lowest BCUT2D eigenvalue weighted by Crippen LogP contribution is -2.32. The average Bonchev–Trinajstić information content (AvgIpc) is 3.05. The molecular weight excluding hydrogens is 436 g/mol. The highest BCUT2D eigenvalue weighted by molar-refractivity contribution is 6.46. The molecule has 5 nitrogen and oxygen atoms in total. The van der Waals surface area contributed by atoms with E-state index in [1.807, 2.05) is 37.3 Å². The highest BCUT2D eigenvalue weighted by Crippen LogP contribution is 2.38. The minimum atomic E-state index is -0.433. The molecule has 1 N–H and O–H groups in total. The first-order valence-electron chi connectivity index (χ1n) is 10.7. The molecule has 0 unspecified atom stereocenters. The van der Waals surface area contributed by atoms with Gasteiger partial charge in [-0.1, -0.05) is 61.8 Å². The van der Waals surface area contributed by atoms with Crippen LogP contribution < -0.4 is 15.0 Å². The zero-order chi connectivity index (χ0) is 23.7. The maximum atomic E-state index is 13.7. The number of para-hydroxylation sites is 1. The molecule has 3 aromatic rings. The summed E-state index contributed by atoms with van der Waals surface area (Å²) in [6, 6.07) is 20.0. The van der Waals surface area contributed by atoms with E-state index in [-0.39, 0.29) is 11.3 Å². The Balaban J connectivity index is 1.85. The summed E-state index contributed by atoms with van der Waals surface area (Å²) >= 11 is 6.19. The Kier molecular flexibility index (Phi) is 6.25. The fraction of sp³-hybridized carbons (Fsp3) is 0.185. The smallest absolute Gasteiger partial charge is 0.282 e. The van der Waals surface area contributed by atoms with Crippen LogP contribution in [0.25, 0.3) is 5.57 Å². The lowest BCUT2D eigenvalue weighted by Gasteiger charge is -2.17. The predicted molar refractivity (Wildman–Crippen MR) is 133 cm³/mol. The van der Waals surface area contributed by atoms with Crippen LogP contribution in [0.2, 0.25) is 5.02 Å². The van der Waals surface area contributed by atoms with Crippen LogP contribution in [-0.4, -0.2) is 18.9 Å². The highest BCUT2D eigenvalue weighted by atomic mass is 35.5. The Morgan fingerprint density at radius 1 is 0.939 bits per heavy atom. The Morgan fingerprint density at radius 3 is 2.30 bits per heavy atom. The van der Waals surface area contributed by atoms with E-state index >= 15 is 0 Å². The maximum absolute atomic E-state index is 13.7. The molecule has 2 amide bonds. The summed E-state index contributed by atoms with van der Waals surface area (Å²) in [5.41, 5.74) is 4.17. The summed E-state index contributed by atoms with van der Waals surface area (Å²) in [6.07, 6.45) is 0. The summed E-state index contributed by atoms with van der Waals surface area (Å²) in [4.78, 5) is 28.5. The van der Waals surface area contributed by atoms with Crippen LogP contribution in [0.3, 0.4) is 0 Å². The van der Waals surface area contributed by atoms with Crippen molar-refractivity contribution in [2.45, 2.75) is 26.7 Å². The van der Waals surface area contributed by atoms with Gasteiger partial charge in [0.2, 0.25) is 0 Å². The molecular formula is C27H25ClN2O3. The number of carbonyl (C=O) groups is 2. The van der Waals surface area contributed by atoms with E-state index in [0.717, 1.165) is 11.1 Å². The summed E-state index contributed by atoms with van der Waals surface area (Å²) in [5.74, 6) is 0.00339. The number of amides is 2. The number of imide groups is 1. The van der Waals surface area contributed by atoms with Gasteiger partial charge in [0.1, 0.15) is 11.4 Å². The quantitative estimate of drug-likeness (QED) is 0.446. The van der Waals surface area contributed by atoms with Crippen molar-refractivity contribution < 1.29 is 14.3 Å². The van der Waals surface area contributed by atoms with Gasteiger partial charge in [0, 0.05) is 16.3 Å². The van der Waals surface area contributed by atoms with E-state index in [4.69, 9.17) is 16.3 Å². The Morgan fingerprint density at radius 2 is 1.64 bits per heavy atom. The fourth-order valence-electron chi connectivity index (χ4n) is 3.85. The summed E-state index contributed by atoms with van der Waals surface area (Å²) in [7, 11) is 1.54. The molecule has 33 heavy (non-hydrogen) atoms. The lowest BCUT2D eigenvalue weighted by atomic mass is 10.0. The number of benzene rings is 3. The molecule has 0 spiro atoms. The van der Waals surface area contributed by atoms with Crippen LogP contribution >= 0.6 is 11.6 Å². The molecule has 1 heterocycles. The van der Waals surface area contributed by atoms with Gasteiger partial charge in [0.05, 0.1) is 18.4 Å². The molecule has 0 atom stereocenters. The molecule has 3 aromatic carbocycles. The van der Waals surface area contributed by atoms with Crippen LogP contribution in [-0.2, 0) is 9.59 Å². The number of hydrogen-bond acceptors (Lipinski definition) is 4. The predicted octanol–water partition coefficient (Wildman–Crippen LogP) is 6.18. The van der Waals surface area contributed by atoms with Gasteiger partial charge in [-0.2, -0.15) is 0 Å². The number of aryl methyl sites for hydroxylation is 1. The first-order chi connectivity index (χ1) is 15.8. The number of anilines is 2. The van der Waals surface area contributed by atoms with Gasteiger partial charge in [0.25, 0.3) is 11.8 Å². The second-order valence-electron chi connectivity index (χ2n) is 8.23. The molecule has 6 heteroatoms. The SMILES string of the molecule is COc1ccccc1C1=C(Nc2cc(Cl)ccc2C)C(=O)N(c2ccc(C(C)C)cc2)C1=O. The van der Waals surface area contributed by atoms with Crippen molar-refractivity contribution in [1.29, 1.82) is 0 Å². The standard InChI is InChI=1S/C27H25ClN2O3/c1-16(2)18-10-13-20(14-11-18)30-26(31)24(21-7-5-6-8-23(21)33-4)25(27(30)32)29-22-15-19(28)12-9-17(22)3/h5-16,29H,1-4H3. The van der Waals surface area contributed by atoms with E-state index < -0.39 is 11.8 Å². The van der Waals surface area contributed by atoms with E-state index in [2.05, 4.69) is 19.2 Å². The number of nitrogens with zero attached hydrogens (tertiary/aromatic N) is 1. The largest absolute Gasteiger partial charge is 0.496 e. The number of ether oxygens (including phenoxy) is 1. The van der Waals surface area contributed by atoms with Crippen molar-refractivity contribution >= 4 is 40.4 Å². The summed E-state index contributed by atoms with van der Waals surface area (Å²) in [6.45, 7) is 6.10. The zero-order valence-electron chi connectivity index (χ0n) is 19.0. The van der Waals surface area contributed by atoms with E-state index in [0.29, 0.717) is 33.6 Å². The fourth-order valence-corrected chi connectivity index (χ4v) is 4.03. The van der Waals surface area contributed by atoms with Crippen LogP contribution in [0.15, 0.2) is 72.4 Å². The zero-order valence-corrected chi connectivity index (χ0v) is 19.7. The van der Waals surface area contributed by atoms with Crippen LogP contribution in [0.1, 0.15) is 36.5 Å². The number of hydrogen-bond donors (Lipinski definition) is 1. The van der Waals surface area contributed by atoms with Crippen molar-refractivity contribution in [2.24, 2.45) is 0 Å². The number of methoxy groups -OCH3 is 1. The van der Waals surface area contributed by atoms with E-state index in [1.54, 1.807) is 36.4 Å². The number of nitrogens with one attached hydrogen (secondary N) is 1. The molecule has 1 aliphatic heterocycles. The second-order valence-corrected chi connectivity index (χ2v) is 8.66. The van der Waals surface area contributed by atoms with Crippen LogP contribution in [0.4, 0.5) is 11.4 Å². The minimum Gasteiger partial charge on any atom is -0.496 e. The highest BCUT2D eigenvalue weighted by Gasteiger charge is 2.41. The van der Waals surface area contributed by atoms with Crippen molar-refractivity contribution in [2.75, 3.05) is 17.3 Å². The Bertz CT molecular complexity index is 1260. The third-order valence-electron chi connectivity index (χ3n) is 5.74. The topological polar surface area (TPSA) is 58.6 Å². The third-order valence-corrected chi connectivity index (χ3v) is 5.97. The molecule has 0 aliphatic carbocycles. The van der Waals surface area contributed by atoms with Gasteiger partial charge in [0.15, 0.2) is 0 Å². The summed E-state index contributed by atoms with van der Waals surface area (Å²) in [5, 5.41) is 3.72. The monoisotopic (exact) mass is 460 g/mol. The average molecular weight is 461 g/mol. The second kappa shape index (κ2) is 9.12. The van der Waals surface area contributed by atoms with Gasteiger partial charge in [-0.05, 0) is 54.3 Å². The Hall–Kier alpha value is -3.57. The van der Waals surface area contributed by atoms with Crippen molar-refractivity contribution in [3.8, 4) is 5.75 Å². The van der Waals surface area contributed by atoms with Gasteiger partial charge >= 0.3 is 0 Å². The van der Waals surface area contributed by atoms with Gasteiger partial charge < -0.3 is 10.1 Å². The Labute approximate surface area is 198 Å². The molecule has 1 aliphatic rings. The van der Waals surface area contributed by atoms with Crippen LogP contribution in [0.5, 0.6) is 5.75 Å². The van der Waals surface area contributed by atoms with Crippen molar-refractivity contribution in [1.82, 2.24) is 0 Å². The van der Waals surface area contributed by atoms with E-state index in [1.165, 1.54) is 12.0 Å². The molecule has 0 saturated carbocycles. The normalized spacial score (nSPS) is 13.8. The van der Waals surface area contributed by atoms with Gasteiger partial charge in [-0.15, -0.1) is 0 Å². The molecule has 0 fully saturated rings. The number of halogens is 1. The molecule has 0 bridgehead atoms. The molecule has 0 saturated heterocycles. The van der Waals surface area contributed by atoms with Gasteiger partial charge in [-0.3, -0.25) is 9.59 Å².